The van der Waals surface area contributed by atoms with Crippen LogP contribution < -0.4 is 5.32 Å². The van der Waals surface area contributed by atoms with E-state index in [0.717, 1.165) is 61.8 Å². The van der Waals surface area contributed by atoms with Crippen LogP contribution >= 0.6 is 0 Å². The van der Waals surface area contributed by atoms with Crippen LogP contribution in [-0.4, -0.2) is 13.1 Å². The van der Waals surface area contributed by atoms with E-state index < -0.39 is 0 Å². The zero-order chi connectivity index (χ0) is 14.8. The number of ether oxygens (including phenoxy) is 1. The maximum absolute atomic E-state index is 5.53. The topological polar surface area (TPSA) is 34.4 Å². The van der Waals surface area contributed by atoms with E-state index in [2.05, 4.69) is 18.0 Å². The van der Waals surface area contributed by atoms with Gasteiger partial charge in [-0.25, -0.2) is 0 Å². The normalized spacial score (nSPS) is 11.7. The van der Waals surface area contributed by atoms with Crippen molar-refractivity contribution >= 4 is 0 Å². The lowest BCUT2D eigenvalue weighted by Gasteiger charge is -2.09. The lowest BCUT2D eigenvalue weighted by atomic mass is 10.2. The third kappa shape index (κ3) is 7.19. The Bertz CT molecular complexity index is 432. The number of allylic oxidation sites excluding steroid dienone is 3. The van der Waals surface area contributed by atoms with Gasteiger partial charge < -0.3 is 14.5 Å². The molecule has 3 heteroatoms. The summed E-state index contributed by atoms with van der Waals surface area (Å²) in [6, 6.07) is 4.07. The molecular weight excluding hydrogens is 250 g/mol. The molecule has 3 nitrogen and oxygen atoms in total. The van der Waals surface area contributed by atoms with Crippen molar-refractivity contribution in [1.82, 2.24) is 5.32 Å². The molecule has 0 radical (unpaired) electrons. The van der Waals surface area contributed by atoms with Crippen LogP contribution in [0.4, 0.5) is 0 Å². The molecule has 0 atom stereocenters. The van der Waals surface area contributed by atoms with Gasteiger partial charge >= 0.3 is 0 Å². The number of rotatable bonds is 10. The highest BCUT2D eigenvalue weighted by molar-refractivity contribution is 5.05. The van der Waals surface area contributed by atoms with Crippen molar-refractivity contribution in [3.05, 3.63) is 47.8 Å². The molecule has 112 valence electrons. The van der Waals surface area contributed by atoms with E-state index in [9.17, 15) is 0 Å². The Morgan fingerprint density at radius 1 is 1.35 bits per heavy atom. The van der Waals surface area contributed by atoms with Gasteiger partial charge in [-0.05, 0) is 64.9 Å². The second-order valence-corrected chi connectivity index (χ2v) is 5.01. The van der Waals surface area contributed by atoms with Crippen molar-refractivity contribution < 1.29 is 9.15 Å². The summed E-state index contributed by atoms with van der Waals surface area (Å²) in [5.74, 6) is 3.82. The quantitative estimate of drug-likeness (QED) is 0.510. The van der Waals surface area contributed by atoms with Crippen molar-refractivity contribution in [2.75, 3.05) is 13.1 Å². The first-order valence-corrected chi connectivity index (χ1v) is 7.36. The van der Waals surface area contributed by atoms with Gasteiger partial charge in [0, 0.05) is 12.8 Å². The van der Waals surface area contributed by atoms with Crippen LogP contribution in [0.2, 0.25) is 0 Å². The molecule has 0 fully saturated rings. The third-order valence-electron chi connectivity index (χ3n) is 3.09. The summed E-state index contributed by atoms with van der Waals surface area (Å²) in [6.45, 7) is 11.8. The largest absolute Gasteiger partial charge is 0.467 e. The molecule has 1 N–H and O–H groups in total. The first-order chi connectivity index (χ1) is 9.61. The van der Waals surface area contributed by atoms with Crippen LogP contribution in [0.5, 0.6) is 0 Å². The van der Waals surface area contributed by atoms with Crippen LogP contribution in [0.1, 0.15) is 44.6 Å². The van der Waals surface area contributed by atoms with Crippen molar-refractivity contribution in [1.29, 1.82) is 0 Å². The molecule has 20 heavy (non-hydrogen) atoms. The summed E-state index contributed by atoms with van der Waals surface area (Å²) in [6.07, 6.45) is 5.99. The fraction of sp³-hybridized carbons (Fsp3) is 0.529. The van der Waals surface area contributed by atoms with Crippen LogP contribution in [0.25, 0.3) is 0 Å². The molecule has 1 rings (SSSR count). The maximum atomic E-state index is 5.53. The Hall–Kier alpha value is -1.48. The van der Waals surface area contributed by atoms with Gasteiger partial charge in [0.25, 0.3) is 0 Å². The second-order valence-electron chi connectivity index (χ2n) is 5.01. The number of aryl methyl sites for hydroxylation is 2. The Morgan fingerprint density at radius 2 is 2.10 bits per heavy atom. The summed E-state index contributed by atoms with van der Waals surface area (Å²) in [5, 5.41) is 3.43. The van der Waals surface area contributed by atoms with E-state index in [4.69, 9.17) is 9.15 Å². The minimum atomic E-state index is 0.841. The number of nitrogens with one attached hydrogen (secondary N) is 1. The van der Waals surface area contributed by atoms with Gasteiger partial charge in [0.2, 0.25) is 0 Å². The predicted octanol–water partition coefficient (Wildman–Crippen LogP) is 4.34. The first kappa shape index (κ1) is 16.6. The summed E-state index contributed by atoms with van der Waals surface area (Å²) in [7, 11) is 0. The lowest BCUT2D eigenvalue weighted by Crippen LogP contribution is -2.17. The Morgan fingerprint density at radius 3 is 2.75 bits per heavy atom. The molecule has 0 amide bonds. The molecule has 1 aromatic rings. The highest BCUT2D eigenvalue weighted by atomic mass is 16.5. The molecule has 0 saturated carbocycles. The van der Waals surface area contributed by atoms with E-state index in [1.165, 1.54) is 0 Å². The molecular formula is C17H27NO2. The van der Waals surface area contributed by atoms with E-state index in [1.54, 1.807) is 0 Å². The Balaban J connectivity index is 1.96. The fourth-order valence-corrected chi connectivity index (χ4v) is 1.88. The maximum Gasteiger partial charge on any atom is 0.104 e. The van der Waals surface area contributed by atoms with Crippen LogP contribution in [0.15, 0.2) is 40.7 Å². The summed E-state index contributed by atoms with van der Waals surface area (Å²) in [5.41, 5.74) is 0. The van der Waals surface area contributed by atoms with E-state index in [-0.39, 0.29) is 0 Å². The number of hydrogen-bond donors (Lipinski definition) is 1. The van der Waals surface area contributed by atoms with Gasteiger partial charge in [0.05, 0.1) is 11.5 Å². The van der Waals surface area contributed by atoms with Crippen molar-refractivity contribution in [2.24, 2.45) is 0 Å². The van der Waals surface area contributed by atoms with Crippen LogP contribution in [-0.2, 0) is 11.2 Å². The predicted molar refractivity (Wildman–Crippen MR) is 83.5 cm³/mol. The van der Waals surface area contributed by atoms with Gasteiger partial charge in [0.15, 0.2) is 0 Å². The third-order valence-corrected chi connectivity index (χ3v) is 3.09. The van der Waals surface area contributed by atoms with Crippen LogP contribution in [0.3, 0.4) is 0 Å². The minimum absolute atomic E-state index is 0.841. The summed E-state index contributed by atoms with van der Waals surface area (Å²) < 4.78 is 11.0. The molecule has 0 saturated heterocycles. The smallest absolute Gasteiger partial charge is 0.104 e. The molecule has 0 aliphatic rings. The second kappa shape index (κ2) is 9.43. The summed E-state index contributed by atoms with van der Waals surface area (Å²) in [4.78, 5) is 0. The molecule has 0 aliphatic heterocycles. The minimum Gasteiger partial charge on any atom is -0.467 e. The van der Waals surface area contributed by atoms with E-state index in [1.807, 2.05) is 32.9 Å². The monoisotopic (exact) mass is 277 g/mol. The fourth-order valence-electron chi connectivity index (χ4n) is 1.88. The van der Waals surface area contributed by atoms with Gasteiger partial charge in [-0.15, -0.1) is 0 Å². The molecule has 0 unspecified atom stereocenters. The highest BCUT2D eigenvalue weighted by Crippen LogP contribution is 2.10. The van der Waals surface area contributed by atoms with Gasteiger partial charge in [-0.2, -0.15) is 0 Å². The Labute approximate surface area is 122 Å². The Kier molecular flexibility index (Phi) is 7.81. The molecule has 1 aromatic heterocycles. The molecule has 0 aromatic carbocycles. The zero-order valence-electron chi connectivity index (χ0n) is 13.0. The van der Waals surface area contributed by atoms with Gasteiger partial charge in [-0.3, -0.25) is 0 Å². The highest BCUT2D eigenvalue weighted by Gasteiger charge is 1.99. The van der Waals surface area contributed by atoms with Gasteiger partial charge in [0.1, 0.15) is 11.5 Å². The lowest BCUT2D eigenvalue weighted by molar-refractivity contribution is 0.291. The van der Waals surface area contributed by atoms with Gasteiger partial charge in [-0.1, -0.05) is 6.58 Å². The van der Waals surface area contributed by atoms with Crippen molar-refractivity contribution in [2.45, 2.75) is 46.5 Å². The molecule has 0 spiro atoms. The average molecular weight is 277 g/mol. The molecule has 1 heterocycles. The molecule has 0 bridgehead atoms. The van der Waals surface area contributed by atoms with Crippen LogP contribution in [0, 0.1) is 6.92 Å². The van der Waals surface area contributed by atoms with Crippen molar-refractivity contribution in [3.8, 4) is 0 Å². The standard InChI is InChI=1S/C17H27NO2/c1-5-14(2)19-15(3)8-6-12-18-13-7-9-17-11-10-16(4)20-17/h5,10-11,18H,3,6-9,12-13H2,1-2,4H3/b14-5-. The summed E-state index contributed by atoms with van der Waals surface area (Å²) >= 11 is 0. The van der Waals surface area contributed by atoms with E-state index in [0.29, 0.717) is 0 Å². The average Bonchev–Trinajstić information content (AvgIpc) is 2.83. The SMILES string of the molecule is C=C(CCCNCCCc1ccc(C)o1)O/C(C)=C\C. The number of hydrogen-bond acceptors (Lipinski definition) is 3. The van der Waals surface area contributed by atoms with E-state index >= 15 is 0 Å². The molecule has 0 aliphatic carbocycles. The number of furan rings is 1. The van der Waals surface area contributed by atoms with Crippen molar-refractivity contribution in [3.63, 3.8) is 0 Å². The zero-order valence-corrected chi connectivity index (χ0v) is 13.0. The first-order valence-electron chi connectivity index (χ1n) is 7.36.